The fraction of sp³-hybridized carbons (Fsp3) is 1.00. The lowest BCUT2D eigenvalue weighted by Gasteiger charge is -2.18. The molecule has 0 aromatic rings. The molecule has 0 saturated carbocycles. The van der Waals surface area contributed by atoms with Crippen LogP contribution in [0.5, 0.6) is 0 Å². The Kier molecular flexibility index (Phi) is 3.39. The van der Waals surface area contributed by atoms with Crippen LogP contribution in [0, 0.1) is 10.3 Å². The Morgan fingerprint density at radius 3 is 2.44 bits per heavy atom. The summed E-state index contributed by atoms with van der Waals surface area (Å²) in [6, 6.07) is 0. The third-order valence-corrected chi connectivity index (χ3v) is 1.03. The van der Waals surface area contributed by atoms with Crippen LogP contribution < -0.4 is 0 Å². The van der Waals surface area contributed by atoms with Crippen molar-refractivity contribution in [2.45, 2.75) is 13.8 Å². The van der Waals surface area contributed by atoms with Gasteiger partial charge < -0.3 is 4.74 Å². The smallest absolute Gasteiger partial charge is 0.0884 e. The molecule has 54 valence electrons. The molecule has 0 aromatic heterocycles. The van der Waals surface area contributed by atoms with E-state index in [2.05, 4.69) is 5.18 Å². The minimum atomic E-state index is -0.101. The first kappa shape index (κ1) is 8.56. The van der Waals surface area contributed by atoms with Gasteiger partial charge in [0.05, 0.1) is 13.2 Å². The summed E-state index contributed by atoms with van der Waals surface area (Å²) in [7, 11) is 1.62. The Morgan fingerprint density at radius 2 is 2.11 bits per heavy atom. The molecule has 0 aliphatic carbocycles. The van der Waals surface area contributed by atoms with Crippen LogP contribution >= 0.6 is 0 Å². The molecule has 3 nitrogen and oxygen atoms in total. The van der Waals surface area contributed by atoms with Crippen molar-refractivity contribution < 1.29 is 4.74 Å². The number of methoxy groups -OCH3 is 1. The average Bonchev–Trinajstić information content (AvgIpc) is 1.64. The van der Waals surface area contributed by atoms with Gasteiger partial charge in [-0.1, -0.05) is 19.0 Å². The number of rotatable bonds is 4. The fourth-order valence-corrected chi connectivity index (χ4v) is 0.611. The molecular formula is C6H13NO2. The predicted octanol–water partition coefficient (Wildman–Crippen LogP) is 1.43. The quantitative estimate of drug-likeness (QED) is 0.541. The normalized spacial score (nSPS) is 11.4. The van der Waals surface area contributed by atoms with Crippen molar-refractivity contribution in [2.24, 2.45) is 10.6 Å². The number of hydrogen-bond donors (Lipinski definition) is 0. The van der Waals surface area contributed by atoms with E-state index in [1.165, 1.54) is 0 Å². The third kappa shape index (κ3) is 4.09. The molecule has 0 saturated heterocycles. The van der Waals surface area contributed by atoms with Gasteiger partial charge in [-0.15, -0.1) is 0 Å². The second-order valence-corrected chi connectivity index (χ2v) is 2.88. The summed E-state index contributed by atoms with van der Waals surface area (Å²) in [5.74, 6) is 0. The molecule has 0 rings (SSSR count). The van der Waals surface area contributed by atoms with Crippen LogP contribution in [0.25, 0.3) is 0 Å². The molecule has 3 heteroatoms. The molecule has 0 aliphatic heterocycles. The topological polar surface area (TPSA) is 38.7 Å². The van der Waals surface area contributed by atoms with Gasteiger partial charge in [-0.25, -0.2) is 0 Å². The van der Waals surface area contributed by atoms with Crippen molar-refractivity contribution in [1.82, 2.24) is 0 Å². The summed E-state index contributed by atoms with van der Waals surface area (Å²) in [5.41, 5.74) is -0.101. The summed E-state index contributed by atoms with van der Waals surface area (Å²) in [6.07, 6.45) is 0. The number of hydrogen-bond acceptors (Lipinski definition) is 3. The van der Waals surface area contributed by atoms with Crippen LogP contribution in [-0.4, -0.2) is 20.3 Å². The number of ether oxygens (including phenoxy) is 1. The molecule has 9 heavy (non-hydrogen) atoms. The van der Waals surface area contributed by atoms with Gasteiger partial charge in [-0.3, -0.25) is 0 Å². The zero-order valence-electron chi connectivity index (χ0n) is 6.18. The summed E-state index contributed by atoms with van der Waals surface area (Å²) in [5, 5.41) is 2.80. The Labute approximate surface area is 55.4 Å². The van der Waals surface area contributed by atoms with E-state index in [9.17, 15) is 4.91 Å². The molecule has 0 aliphatic rings. The second-order valence-electron chi connectivity index (χ2n) is 2.88. The van der Waals surface area contributed by atoms with Crippen molar-refractivity contribution in [1.29, 1.82) is 0 Å². The van der Waals surface area contributed by atoms with E-state index >= 15 is 0 Å². The molecule has 0 radical (unpaired) electrons. The van der Waals surface area contributed by atoms with E-state index in [0.717, 1.165) is 0 Å². The maximum Gasteiger partial charge on any atom is 0.0884 e. The van der Waals surface area contributed by atoms with Crippen molar-refractivity contribution >= 4 is 0 Å². The van der Waals surface area contributed by atoms with E-state index < -0.39 is 0 Å². The first-order chi connectivity index (χ1) is 4.12. The average molecular weight is 131 g/mol. The lowest BCUT2D eigenvalue weighted by molar-refractivity contribution is 0.110. The zero-order chi connectivity index (χ0) is 7.33. The van der Waals surface area contributed by atoms with E-state index in [4.69, 9.17) is 4.74 Å². The highest BCUT2D eigenvalue weighted by molar-refractivity contribution is 4.69. The van der Waals surface area contributed by atoms with Crippen LogP contribution in [0.1, 0.15) is 13.8 Å². The van der Waals surface area contributed by atoms with Crippen LogP contribution in [0.4, 0.5) is 0 Å². The second kappa shape index (κ2) is 3.56. The van der Waals surface area contributed by atoms with Crippen molar-refractivity contribution in [2.75, 3.05) is 20.3 Å². The maximum absolute atomic E-state index is 9.79. The maximum atomic E-state index is 9.79. The van der Waals surface area contributed by atoms with Gasteiger partial charge in [0.2, 0.25) is 0 Å². The highest BCUT2D eigenvalue weighted by Crippen LogP contribution is 2.14. The molecule has 0 unspecified atom stereocenters. The fourth-order valence-electron chi connectivity index (χ4n) is 0.611. The van der Waals surface area contributed by atoms with Gasteiger partial charge in [0, 0.05) is 12.5 Å². The molecule has 0 amide bonds. The van der Waals surface area contributed by atoms with Gasteiger partial charge in [-0.05, 0) is 0 Å². The summed E-state index contributed by atoms with van der Waals surface area (Å²) < 4.78 is 4.86. The largest absolute Gasteiger partial charge is 0.384 e. The first-order valence-corrected chi connectivity index (χ1v) is 2.90. The highest BCUT2D eigenvalue weighted by atomic mass is 16.5. The molecular weight excluding hydrogens is 118 g/mol. The SMILES string of the molecule is COCC(C)(C)CN=O. The molecule has 0 atom stereocenters. The van der Waals surface area contributed by atoms with Gasteiger partial charge in [0.25, 0.3) is 0 Å². The van der Waals surface area contributed by atoms with Crippen LogP contribution in [0.15, 0.2) is 5.18 Å². The van der Waals surface area contributed by atoms with E-state index in [1.54, 1.807) is 7.11 Å². The van der Waals surface area contributed by atoms with Crippen LogP contribution in [0.2, 0.25) is 0 Å². The Balaban J connectivity index is 3.55. The number of nitroso groups, excluding NO2 is 1. The standard InChI is InChI=1S/C6H13NO2/c1-6(2,4-7-8)5-9-3/h4-5H2,1-3H3. The van der Waals surface area contributed by atoms with Crippen LogP contribution in [-0.2, 0) is 4.74 Å². The predicted molar refractivity (Wildman–Crippen MR) is 36.3 cm³/mol. The van der Waals surface area contributed by atoms with Crippen molar-refractivity contribution in [3.05, 3.63) is 4.91 Å². The van der Waals surface area contributed by atoms with Crippen LogP contribution in [0.3, 0.4) is 0 Å². The van der Waals surface area contributed by atoms with E-state index in [-0.39, 0.29) is 5.41 Å². The molecule has 0 N–H and O–H groups in total. The lowest BCUT2D eigenvalue weighted by Crippen LogP contribution is -2.21. The minimum absolute atomic E-state index is 0.101. The Bertz CT molecular complexity index is 91.1. The molecule has 0 fully saturated rings. The minimum Gasteiger partial charge on any atom is -0.384 e. The Hall–Kier alpha value is -0.440. The monoisotopic (exact) mass is 131 g/mol. The van der Waals surface area contributed by atoms with Gasteiger partial charge in [0.15, 0.2) is 0 Å². The highest BCUT2D eigenvalue weighted by Gasteiger charge is 2.17. The van der Waals surface area contributed by atoms with Gasteiger partial charge >= 0.3 is 0 Å². The van der Waals surface area contributed by atoms with Crippen molar-refractivity contribution in [3.63, 3.8) is 0 Å². The zero-order valence-corrected chi connectivity index (χ0v) is 6.18. The summed E-state index contributed by atoms with van der Waals surface area (Å²) >= 11 is 0. The molecule has 0 heterocycles. The summed E-state index contributed by atoms with van der Waals surface area (Å²) in [4.78, 5) is 9.79. The summed E-state index contributed by atoms with van der Waals surface area (Å²) in [6.45, 7) is 4.79. The number of nitrogens with zero attached hydrogens (tertiary/aromatic N) is 1. The van der Waals surface area contributed by atoms with E-state index in [1.807, 2.05) is 13.8 Å². The lowest BCUT2D eigenvalue weighted by atomic mass is 9.95. The van der Waals surface area contributed by atoms with Gasteiger partial charge in [-0.2, -0.15) is 4.91 Å². The third-order valence-electron chi connectivity index (χ3n) is 1.03. The molecule has 0 bridgehead atoms. The first-order valence-electron chi connectivity index (χ1n) is 2.90. The molecule has 0 spiro atoms. The molecule has 0 aromatic carbocycles. The van der Waals surface area contributed by atoms with E-state index in [0.29, 0.717) is 13.2 Å². The Morgan fingerprint density at radius 1 is 1.56 bits per heavy atom. The van der Waals surface area contributed by atoms with Gasteiger partial charge in [0.1, 0.15) is 0 Å². The van der Waals surface area contributed by atoms with Crippen molar-refractivity contribution in [3.8, 4) is 0 Å².